The van der Waals surface area contributed by atoms with E-state index in [1.54, 1.807) is 6.07 Å². The maximum Gasteiger partial charge on any atom is 0.255 e. The van der Waals surface area contributed by atoms with Gasteiger partial charge in [-0.15, -0.1) is 0 Å². The summed E-state index contributed by atoms with van der Waals surface area (Å²) in [4.78, 5) is 12.7. The van der Waals surface area contributed by atoms with Crippen molar-refractivity contribution in [3.05, 3.63) is 89.0 Å². The fourth-order valence-electron chi connectivity index (χ4n) is 3.06. The molecular formula is C24H25NO3. The number of ether oxygens (including phenoxy) is 2. The maximum absolute atomic E-state index is 12.7. The molecule has 0 aliphatic rings. The third-order valence-corrected chi connectivity index (χ3v) is 4.24. The van der Waals surface area contributed by atoms with Gasteiger partial charge in [-0.2, -0.15) is 0 Å². The number of carbonyl (C=O) groups excluding carboxylic acids is 1. The number of aryl methyl sites for hydroxylation is 2. The lowest BCUT2D eigenvalue weighted by Gasteiger charge is -2.14. The minimum Gasteiger partial charge on any atom is -0.493 e. The number of rotatable bonds is 7. The van der Waals surface area contributed by atoms with Gasteiger partial charge < -0.3 is 14.8 Å². The number of anilines is 1. The third kappa shape index (κ3) is 5.13. The third-order valence-electron chi connectivity index (χ3n) is 4.24. The second-order valence-corrected chi connectivity index (χ2v) is 6.69. The van der Waals surface area contributed by atoms with Gasteiger partial charge in [-0.25, -0.2) is 0 Å². The molecule has 0 aliphatic heterocycles. The van der Waals surface area contributed by atoms with Crippen molar-refractivity contribution in [1.29, 1.82) is 0 Å². The summed E-state index contributed by atoms with van der Waals surface area (Å²) in [7, 11) is 0. The van der Waals surface area contributed by atoms with Gasteiger partial charge in [-0.05, 0) is 74.4 Å². The van der Waals surface area contributed by atoms with Crippen LogP contribution >= 0.6 is 0 Å². The van der Waals surface area contributed by atoms with Crippen LogP contribution in [0.1, 0.15) is 34.0 Å². The van der Waals surface area contributed by atoms with Gasteiger partial charge in [0.15, 0.2) is 0 Å². The van der Waals surface area contributed by atoms with Crippen LogP contribution in [0.3, 0.4) is 0 Å². The quantitative estimate of drug-likeness (QED) is 0.590. The first-order chi connectivity index (χ1) is 13.5. The Kier molecular flexibility index (Phi) is 6.33. The number of carbonyl (C=O) groups is 1. The Hall–Kier alpha value is -3.27. The fraction of sp³-hybridized carbons (Fsp3) is 0.208. The molecule has 0 saturated carbocycles. The Morgan fingerprint density at radius 1 is 0.893 bits per heavy atom. The topological polar surface area (TPSA) is 47.6 Å². The summed E-state index contributed by atoms with van der Waals surface area (Å²) in [5.41, 5.74) is 4.41. The van der Waals surface area contributed by atoms with Crippen LogP contribution < -0.4 is 14.8 Å². The van der Waals surface area contributed by atoms with Crippen molar-refractivity contribution in [2.75, 3.05) is 11.9 Å². The number of hydrogen-bond acceptors (Lipinski definition) is 3. The molecule has 144 valence electrons. The summed E-state index contributed by atoms with van der Waals surface area (Å²) in [5.74, 6) is 1.34. The standard InChI is InChI=1S/C24H25NO3/c1-4-27-23-11-10-19(15-20(23)16-28-22-8-6-5-7-9-22)24(26)25-21-13-17(2)12-18(3)14-21/h5-15H,4,16H2,1-3H3,(H,25,26). The second-order valence-electron chi connectivity index (χ2n) is 6.69. The van der Waals surface area contributed by atoms with Crippen molar-refractivity contribution >= 4 is 11.6 Å². The molecule has 0 atom stereocenters. The molecule has 3 rings (SSSR count). The van der Waals surface area contributed by atoms with Crippen LogP contribution in [0.5, 0.6) is 11.5 Å². The Balaban J connectivity index is 1.79. The van der Waals surface area contributed by atoms with Gasteiger partial charge in [-0.1, -0.05) is 24.3 Å². The first-order valence-electron chi connectivity index (χ1n) is 9.38. The van der Waals surface area contributed by atoms with Gasteiger partial charge in [0, 0.05) is 16.8 Å². The highest BCUT2D eigenvalue weighted by molar-refractivity contribution is 6.04. The minimum atomic E-state index is -0.158. The molecule has 4 nitrogen and oxygen atoms in total. The maximum atomic E-state index is 12.7. The molecule has 0 fully saturated rings. The van der Waals surface area contributed by atoms with E-state index in [1.807, 2.05) is 75.4 Å². The van der Waals surface area contributed by atoms with Crippen LogP contribution in [0.15, 0.2) is 66.7 Å². The molecule has 28 heavy (non-hydrogen) atoms. The molecule has 0 unspecified atom stereocenters. The molecule has 0 bridgehead atoms. The number of nitrogens with one attached hydrogen (secondary N) is 1. The van der Waals surface area contributed by atoms with E-state index in [1.165, 1.54) is 0 Å². The SMILES string of the molecule is CCOc1ccc(C(=O)Nc2cc(C)cc(C)c2)cc1COc1ccccc1. The summed E-state index contributed by atoms with van der Waals surface area (Å²) in [6.07, 6.45) is 0. The van der Waals surface area contributed by atoms with E-state index in [-0.39, 0.29) is 5.91 Å². The average Bonchev–Trinajstić information content (AvgIpc) is 2.67. The summed E-state index contributed by atoms with van der Waals surface area (Å²) in [6, 6.07) is 21.0. The van der Waals surface area contributed by atoms with Gasteiger partial charge in [0.2, 0.25) is 0 Å². The minimum absolute atomic E-state index is 0.158. The van der Waals surface area contributed by atoms with E-state index in [0.717, 1.165) is 33.9 Å². The summed E-state index contributed by atoms with van der Waals surface area (Å²) in [5, 5.41) is 2.97. The molecule has 0 aromatic heterocycles. The molecule has 3 aromatic rings. The molecule has 0 radical (unpaired) electrons. The fourth-order valence-corrected chi connectivity index (χ4v) is 3.06. The Labute approximate surface area is 166 Å². The number of para-hydroxylation sites is 1. The molecule has 3 aromatic carbocycles. The van der Waals surface area contributed by atoms with Crippen molar-refractivity contribution in [3.63, 3.8) is 0 Å². The van der Waals surface area contributed by atoms with E-state index in [9.17, 15) is 4.79 Å². The van der Waals surface area contributed by atoms with Gasteiger partial charge in [-0.3, -0.25) is 4.79 Å². The lowest BCUT2D eigenvalue weighted by molar-refractivity contribution is 0.102. The van der Waals surface area contributed by atoms with E-state index in [4.69, 9.17) is 9.47 Å². The summed E-state index contributed by atoms with van der Waals surface area (Å²) < 4.78 is 11.6. The Morgan fingerprint density at radius 3 is 2.29 bits per heavy atom. The zero-order valence-corrected chi connectivity index (χ0v) is 16.5. The molecule has 0 aliphatic carbocycles. The zero-order chi connectivity index (χ0) is 19.9. The van der Waals surface area contributed by atoms with Crippen molar-refractivity contribution in [3.8, 4) is 11.5 Å². The normalized spacial score (nSPS) is 10.4. The smallest absolute Gasteiger partial charge is 0.255 e. The predicted octanol–water partition coefficient (Wildman–Crippen LogP) is 5.53. The van der Waals surface area contributed by atoms with E-state index in [2.05, 4.69) is 11.4 Å². The monoisotopic (exact) mass is 375 g/mol. The molecule has 0 spiro atoms. The van der Waals surface area contributed by atoms with Crippen LogP contribution in [0.4, 0.5) is 5.69 Å². The highest BCUT2D eigenvalue weighted by atomic mass is 16.5. The first-order valence-corrected chi connectivity index (χ1v) is 9.38. The van der Waals surface area contributed by atoms with Crippen LogP contribution in [-0.2, 0) is 6.61 Å². The van der Waals surface area contributed by atoms with E-state index >= 15 is 0 Å². The summed E-state index contributed by atoms with van der Waals surface area (Å²) >= 11 is 0. The van der Waals surface area contributed by atoms with Crippen molar-refractivity contribution in [1.82, 2.24) is 0 Å². The molecule has 1 amide bonds. The van der Waals surface area contributed by atoms with Crippen LogP contribution in [-0.4, -0.2) is 12.5 Å². The molecule has 4 heteroatoms. The van der Waals surface area contributed by atoms with Crippen molar-refractivity contribution in [2.45, 2.75) is 27.4 Å². The van der Waals surface area contributed by atoms with Gasteiger partial charge in [0.05, 0.1) is 6.61 Å². The van der Waals surface area contributed by atoms with Crippen molar-refractivity contribution < 1.29 is 14.3 Å². The Morgan fingerprint density at radius 2 is 1.61 bits per heavy atom. The predicted molar refractivity (Wildman–Crippen MR) is 112 cm³/mol. The Bertz CT molecular complexity index is 931. The average molecular weight is 375 g/mol. The first kappa shape index (κ1) is 19.5. The molecular weight excluding hydrogens is 350 g/mol. The highest BCUT2D eigenvalue weighted by Crippen LogP contribution is 2.24. The van der Waals surface area contributed by atoms with Crippen LogP contribution in [0.25, 0.3) is 0 Å². The van der Waals surface area contributed by atoms with Crippen molar-refractivity contribution in [2.24, 2.45) is 0 Å². The van der Waals surface area contributed by atoms with Gasteiger partial charge in [0.25, 0.3) is 5.91 Å². The van der Waals surface area contributed by atoms with E-state index in [0.29, 0.717) is 18.8 Å². The number of hydrogen-bond donors (Lipinski definition) is 1. The van der Waals surface area contributed by atoms with Gasteiger partial charge >= 0.3 is 0 Å². The second kappa shape index (κ2) is 9.09. The largest absolute Gasteiger partial charge is 0.493 e. The van der Waals surface area contributed by atoms with E-state index < -0.39 is 0 Å². The number of benzene rings is 3. The lowest BCUT2D eigenvalue weighted by Crippen LogP contribution is -2.13. The zero-order valence-electron chi connectivity index (χ0n) is 16.5. The van der Waals surface area contributed by atoms with Crippen LogP contribution in [0, 0.1) is 13.8 Å². The number of amides is 1. The molecule has 0 heterocycles. The summed E-state index contributed by atoms with van der Waals surface area (Å²) in [6.45, 7) is 6.83. The van der Waals surface area contributed by atoms with Crippen LogP contribution in [0.2, 0.25) is 0 Å². The lowest BCUT2D eigenvalue weighted by atomic mass is 10.1. The highest BCUT2D eigenvalue weighted by Gasteiger charge is 2.12. The van der Waals surface area contributed by atoms with Gasteiger partial charge in [0.1, 0.15) is 18.1 Å². The molecule has 0 saturated heterocycles. The molecule has 1 N–H and O–H groups in total.